The van der Waals surface area contributed by atoms with E-state index >= 15 is 0 Å². The summed E-state index contributed by atoms with van der Waals surface area (Å²) in [5, 5.41) is 0.797. The summed E-state index contributed by atoms with van der Waals surface area (Å²) >= 11 is 1.44. The van der Waals surface area contributed by atoms with E-state index in [1.54, 1.807) is 42.5 Å². The number of thioether (sulfide) groups is 1. The molecule has 1 aliphatic rings. The summed E-state index contributed by atoms with van der Waals surface area (Å²) in [6.45, 7) is 6.30. The second-order valence-corrected chi connectivity index (χ2v) is 8.93. The summed E-state index contributed by atoms with van der Waals surface area (Å²) in [4.78, 5) is 33.7. The molecular formula is C25H28N4O3S. The van der Waals surface area contributed by atoms with Gasteiger partial charge in [0.05, 0.1) is 18.6 Å². The van der Waals surface area contributed by atoms with Gasteiger partial charge in [0, 0.05) is 44.1 Å². The molecule has 2 amide bonds. The molecule has 0 aliphatic carbocycles. The minimum absolute atomic E-state index is 0.0188. The summed E-state index contributed by atoms with van der Waals surface area (Å²) in [6.07, 6.45) is 3.69. The van der Waals surface area contributed by atoms with Gasteiger partial charge in [-0.2, -0.15) is 0 Å². The molecule has 7 nitrogen and oxygen atoms in total. The van der Waals surface area contributed by atoms with E-state index in [4.69, 9.17) is 4.74 Å². The molecular weight excluding hydrogens is 436 g/mol. The van der Waals surface area contributed by atoms with E-state index in [2.05, 4.69) is 31.0 Å². The number of imidazole rings is 1. The maximum Gasteiger partial charge on any atom is 0.253 e. The SMILES string of the molecule is COc1ccc(C(=O)N2CCN(C(=O)CSc3nccn3-c3cccc(C)c3C)CC2)cc1. The lowest BCUT2D eigenvalue weighted by molar-refractivity contribution is -0.129. The second kappa shape index (κ2) is 10.1. The number of methoxy groups -OCH3 is 1. The summed E-state index contributed by atoms with van der Waals surface area (Å²) in [7, 11) is 1.60. The first-order valence-corrected chi connectivity index (χ1v) is 11.9. The molecule has 3 aromatic rings. The van der Waals surface area contributed by atoms with Gasteiger partial charge in [-0.25, -0.2) is 4.98 Å². The van der Waals surface area contributed by atoms with Crippen LogP contribution < -0.4 is 4.74 Å². The molecule has 2 aromatic carbocycles. The largest absolute Gasteiger partial charge is 0.497 e. The van der Waals surface area contributed by atoms with E-state index in [-0.39, 0.29) is 11.8 Å². The van der Waals surface area contributed by atoms with Gasteiger partial charge in [-0.3, -0.25) is 14.2 Å². The maximum atomic E-state index is 12.8. The molecule has 0 unspecified atom stereocenters. The van der Waals surface area contributed by atoms with Gasteiger partial charge in [-0.05, 0) is 55.3 Å². The van der Waals surface area contributed by atoms with Crippen LogP contribution in [0.4, 0.5) is 0 Å². The smallest absolute Gasteiger partial charge is 0.253 e. The molecule has 1 aliphatic heterocycles. The van der Waals surface area contributed by atoms with Crippen LogP contribution in [0.2, 0.25) is 0 Å². The number of benzene rings is 2. The van der Waals surface area contributed by atoms with E-state index < -0.39 is 0 Å². The second-order valence-electron chi connectivity index (χ2n) is 7.99. The molecule has 0 saturated carbocycles. The maximum absolute atomic E-state index is 12.8. The van der Waals surface area contributed by atoms with Gasteiger partial charge in [0.25, 0.3) is 5.91 Å². The van der Waals surface area contributed by atoms with Gasteiger partial charge in [0.2, 0.25) is 5.91 Å². The zero-order valence-electron chi connectivity index (χ0n) is 19.2. The van der Waals surface area contributed by atoms with Crippen molar-refractivity contribution in [1.82, 2.24) is 19.4 Å². The summed E-state index contributed by atoms with van der Waals surface area (Å²) < 4.78 is 7.18. The monoisotopic (exact) mass is 464 g/mol. The summed E-state index contributed by atoms with van der Waals surface area (Å²) in [6, 6.07) is 13.3. The molecule has 1 aromatic heterocycles. The third-order valence-corrected chi connectivity index (χ3v) is 6.98. The Morgan fingerprint density at radius 1 is 1.00 bits per heavy atom. The van der Waals surface area contributed by atoms with Crippen molar-refractivity contribution in [2.45, 2.75) is 19.0 Å². The highest BCUT2D eigenvalue weighted by Crippen LogP contribution is 2.24. The topological polar surface area (TPSA) is 67.7 Å². The van der Waals surface area contributed by atoms with Gasteiger partial charge < -0.3 is 14.5 Å². The molecule has 0 bridgehead atoms. The number of ether oxygens (including phenoxy) is 1. The number of aromatic nitrogens is 2. The first-order valence-electron chi connectivity index (χ1n) is 10.9. The van der Waals surface area contributed by atoms with Crippen LogP contribution in [0.25, 0.3) is 5.69 Å². The Labute approximate surface area is 198 Å². The lowest BCUT2D eigenvalue weighted by Gasteiger charge is -2.34. The molecule has 0 N–H and O–H groups in total. The fraction of sp³-hybridized carbons (Fsp3) is 0.320. The third-order valence-electron chi connectivity index (χ3n) is 6.02. The summed E-state index contributed by atoms with van der Waals surface area (Å²) in [5.41, 5.74) is 4.12. The van der Waals surface area contributed by atoms with Gasteiger partial charge in [0.1, 0.15) is 5.75 Å². The molecule has 1 saturated heterocycles. The standard InChI is InChI=1S/C25H28N4O3S/c1-18-5-4-6-22(19(18)2)29-12-11-26-25(29)33-17-23(30)27-13-15-28(16-14-27)24(31)20-7-9-21(32-3)10-8-20/h4-12H,13-17H2,1-3H3. The number of carbonyl (C=O) groups is 2. The van der Waals surface area contributed by atoms with Crippen molar-refractivity contribution in [1.29, 1.82) is 0 Å². The number of hydrogen-bond acceptors (Lipinski definition) is 5. The number of hydrogen-bond donors (Lipinski definition) is 0. The highest BCUT2D eigenvalue weighted by atomic mass is 32.2. The van der Waals surface area contributed by atoms with Crippen molar-refractivity contribution in [3.63, 3.8) is 0 Å². The Morgan fingerprint density at radius 2 is 1.70 bits per heavy atom. The third kappa shape index (κ3) is 5.06. The van der Waals surface area contributed by atoms with Crippen LogP contribution in [0.1, 0.15) is 21.5 Å². The Kier molecular flexibility index (Phi) is 7.03. The Balaban J connectivity index is 1.32. The fourth-order valence-electron chi connectivity index (χ4n) is 3.87. The zero-order valence-corrected chi connectivity index (χ0v) is 20.0. The molecule has 2 heterocycles. The minimum Gasteiger partial charge on any atom is -0.497 e. The van der Waals surface area contributed by atoms with Gasteiger partial charge in [-0.15, -0.1) is 0 Å². The van der Waals surface area contributed by atoms with Crippen molar-refractivity contribution in [2.24, 2.45) is 0 Å². The molecule has 1 fully saturated rings. The van der Waals surface area contributed by atoms with Gasteiger partial charge in [-0.1, -0.05) is 23.9 Å². The van der Waals surface area contributed by atoms with Crippen LogP contribution in [0.15, 0.2) is 60.0 Å². The van der Waals surface area contributed by atoms with Gasteiger partial charge >= 0.3 is 0 Å². The molecule has 0 atom stereocenters. The van der Waals surface area contributed by atoms with Crippen LogP contribution >= 0.6 is 11.8 Å². The molecule has 8 heteroatoms. The van der Waals surface area contributed by atoms with E-state index in [0.717, 1.165) is 16.6 Å². The van der Waals surface area contributed by atoms with E-state index in [1.165, 1.54) is 22.9 Å². The van der Waals surface area contributed by atoms with Crippen molar-refractivity contribution in [2.75, 3.05) is 39.0 Å². The van der Waals surface area contributed by atoms with Crippen molar-refractivity contribution < 1.29 is 14.3 Å². The number of amides is 2. The molecule has 172 valence electrons. The molecule has 33 heavy (non-hydrogen) atoms. The van der Waals surface area contributed by atoms with Crippen LogP contribution in [0.5, 0.6) is 5.75 Å². The number of carbonyl (C=O) groups excluding carboxylic acids is 2. The van der Waals surface area contributed by atoms with Crippen molar-refractivity contribution >= 4 is 23.6 Å². The normalized spacial score (nSPS) is 13.8. The number of piperazine rings is 1. The van der Waals surface area contributed by atoms with Crippen LogP contribution in [0, 0.1) is 13.8 Å². The average molecular weight is 465 g/mol. The highest BCUT2D eigenvalue weighted by Gasteiger charge is 2.25. The molecule has 0 radical (unpaired) electrons. The van der Waals surface area contributed by atoms with Gasteiger partial charge in [0.15, 0.2) is 5.16 Å². The Morgan fingerprint density at radius 3 is 2.39 bits per heavy atom. The van der Waals surface area contributed by atoms with E-state index in [9.17, 15) is 9.59 Å². The predicted molar refractivity (Wildman–Crippen MR) is 129 cm³/mol. The van der Waals surface area contributed by atoms with Crippen LogP contribution in [-0.4, -0.2) is 70.2 Å². The van der Waals surface area contributed by atoms with Crippen molar-refractivity contribution in [3.05, 3.63) is 71.5 Å². The highest BCUT2D eigenvalue weighted by molar-refractivity contribution is 7.99. The number of rotatable bonds is 6. The Hall–Kier alpha value is -3.26. The lowest BCUT2D eigenvalue weighted by Crippen LogP contribution is -2.51. The Bertz CT molecular complexity index is 1130. The quantitative estimate of drug-likeness (QED) is 0.522. The molecule has 0 spiro atoms. The minimum atomic E-state index is -0.0188. The van der Waals surface area contributed by atoms with Crippen LogP contribution in [-0.2, 0) is 4.79 Å². The van der Waals surface area contributed by atoms with E-state index in [1.807, 2.05) is 21.7 Å². The van der Waals surface area contributed by atoms with E-state index in [0.29, 0.717) is 37.5 Å². The first-order chi connectivity index (χ1) is 16.0. The lowest BCUT2D eigenvalue weighted by atomic mass is 10.1. The number of nitrogens with zero attached hydrogens (tertiary/aromatic N) is 4. The zero-order chi connectivity index (χ0) is 23.4. The average Bonchev–Trinajstić information content (AvgIpc) is 3.32. The molecule has 4 rings (SSSR count). The number of aryl methyl sites for hydroxylation is 1. The predicted octanol–water partition coefficient (Wildman–Crippen LogP) is 3.57. The summed E-state index contributed by atoms with van der Waals surface area (Å²) in [5.74, 6) is 1.08. The van der Waals surface area contributed by atoms with Crippen molar-refractivity contribution in [3.8, 4) is 11.4 Å². The first kappa shape index (κ1) is 22.9. The van der Waals surface area contributed by atoms with Crippen LogP contribution in [0.3, 0.4) is 0 Å². The fourth-order valence-corrected chi connectivity index (χ4v) is 4.74.